The van der Waals surface area contributed by atoms with Crippen molar-refractivity contribution in [1.29, 1.82) is 0 Å². The van der Waals surface area contributed by atoms with Crippen LogP contribution in [0.15, 0.2) is 59.4 Å². The quantitative estimate of drug-likeness (QED) is 0.219. The zero-order valence-corrected chi connectivity index (χ0v) is 30.6. The van der Waals surface area contributed by atoms with E-state index in [0.29, 0.717) is 18.8 Å². The number of anilines is 1. The number of hydrogen-bond donors (Lipinski definition) is 3. The fourth-order valence-electron chi connectivity index (χ4n) is 6.32. The SMILES string of the molecule is Cc1ncsc1-c1ccc([C@H](C)NC(=O)[C@@H]2C[C@@H](O)CN2C(=O)[C@@H](NC(=O)c2ccc(-c3csc(N4CCOCC4)n3)cc2)C(C)(C)C)cc1. The van der Waals surface area contributed by atoms with Gasteiger partial charge in [0, 0.05) is 42.6 Å². The Balaban J connectivity index is 1.11. The van der Waals surface area contributed by atoms with Crippen LogP contribution in [0.2, 0.25) is 0 Å². The first-order valence-electron chi connectivity index (χ1n) is 16.9. The van der Waals surface area contributed by atoms with Gasteiger partial charge in [-0.1, -0.05) is 57.2 Å². The predicted molar refractivity (Wildman–Crippen MR) is 196 cm³/mol. The highest BCUT2D eigenvalue weighted by molar-refractivity contribution is 7.14. The van der Waals surface area contributed by atoms with Crippen LogP contribution in [0.4, 0.5) is 5.13 Å². The van der Waals surface area contributed by atoms with Gasteiger partial charge in [-0.25, -0.2) is 9.97 Å². The first kappa shape index (κ1) is 35.6. The summed E-state index contributed by atoms with van der Waals surface area (Å²) in [5.41, 5.74) is 6.22. The van der Waals surface area contributed by atoms with Gasteiger partial charge in [0.1, 0.15) is 12.1 Å². The second-order valence-electron chi connectivity index (χ2n) is 14.0. The maximum Gasteiger partial charge on any atom is 0.251 e. The maximum absolute atomic E-state index is 14.1. The Morgan fingerprint density at radius 1 is 0.980 bits per heavy atom. The fourth-order valence-corrected chi connectivity index (χ4v) is 8.02. The largest absolute Gasteiger partial charge is 0.391 e. The standard InChI is InChI=1S/C37H44N6O5S2/c1-22(24-6-10-26(11-7-24)31-23(2)38-21-50-31)39-34(46)30-18-28(44)19-43(30)35(47)32(37(3,4)5)41-33(45)27-12-8-25(9-13-27)29-20-49-36(40-29)42-14-16-48-17-15-42/h6-13,20-22,28,30,32,44H,14-19H2,1-5H3,(H,39,46)(H,41,45)/t22-,28+,30-,32+/m0/s1. The molecule has 13 heteroatoms. The van der Waals surface area contributed by atoms with Crippen molar-refractivity contribution >= 4 is 45.5 Å². The van der Waals surface area contributed by atoms with E-state index in [1.54, 1.807) is 34.8 Å². The van der Waals surface area contributed by atoms with Gasteiger partial charge in [0.25, 0.3) is 5.91 Å². The molecular weight excluding hydrogens is 673 g/mol. The topological polar surface area (TPSA) is 137 Å². The van der Waals surface area contributed by atoms with Crippen molar-refractivity contribution in [3.8, 4) is 21.7 Å². The average Bonchev–Trinajstić information content (AvgIpc) is 3.87. The summed E-state index contributed by atoms with van der Waals surface area (Å²) < 4.78 is 5.45. The number of likely N-dealkylation sites (tertiary alicyclic amines) is 1. The highest BCUT2D eigenvalue weighted by Crippen LogP contribution is 2.31. The van der Waals surface area contributed by atoms with Crippen molar-refractivity contribution in [3.63, 3.8) is 0 Å². The van der Waals surface area contributed by atoms with E-state index in [0.717, 1.165) is 51.2 Å². The lowest BCUT2D eigenvalue weighted by molar-refractivity contribution is -0.142. The monoisotopic (exact) mass is 716 g/mol. The minimum absolute atomic E-state index is 0.00538. The molecule has 3 N–H and O–H groups in total. The molecule has 0 saturated carbocycles. The number of morpholine rings is 1. The normalized spacial score (nSPS) is 19.2. The van der Waals surface area contributed by atoms with E-state index in [2.05, 4.69) is 20.5 Å². The number of aliphatic hydroxyl groups is 1. The molecule has 2 aliphatic rings. The van der Waals surface area contributed by atoms with Crippen LogP contribution in [-0.2, 0) is 14.3 Å². The van der Waals surface area contributed by atoms with E-state index < -0.39 is 35.4 Å². The Kier molecular flexibility index (Phi) is 10.7. The van der Waals surface area contributed by atoms with E-state index in [-0.39, 0.29) is 24.9 Å². The lowest BCUT2D eigenvalue weighted by Gasteiger charge is -2.35. The van der Waals surface area contributed by atoms with Crippen molar-refractivity contribution < 1.29 is 24.2 Å². The number of ether oxygens (including phenoxy) is 1. The third kappa shape index (κ3) is 7.91. The molecule has 50 heavy (non-hydrogen) atoms. The van der Waals surface area contributed by atoms with E-state index in [4.69, 9.17) is 9.72 Å². The summed E-state index contributed by atoms with van der Waals surface area (Å²) in [6, 6.07) is 13.0. The number of benzene rings is 2. The molecule has 2 aromatic carbocycles. The van der Waals surface area contributed by atoms with Gasteiger partial charge < -0.3 is 30.3 Å². The molecule has 2 aromatic heterocycles. The number of thiazole rings is 2. The summed E-state index contributed by atoms with van der Waals surface area (Å²) in [6.45, 7) is 12.5. The van der Waals surface area contributed by atoms with Gasteiger partial charge in [-0.15, -0.1) is 22.7 Å². The fraction of sp³-hybridized carbons (Fsp3) is 0.432. The van der Waals surface area contributed by atoms with Gasteiger partial charge in [-0.3, -0.25) is 14.4 Å². The predicted octanol–water partition coefficient (Wildman–Crippen LogP) is 5.06. The van der Waals surface area contributed by atoms with Crippen molar-refractivity contribution in [2.75, 3.05) is 37.7 Å². The molecule has 6 rings (SSSR count). The number of hydrogen-bond acceptors (Lipinski definition) is 10. The van der Waals surface area contributed by atoms with Gasteiger partial charge in [0.2, 0.25) is 11.8 Å². The number of aromatic nitrogens is 2. The van der Waals surface area contributed by atoms with Crippen molar-refractivity contribution in [3.05, 3.63) is 76.2 Å². The third-order valence-electron chi connectivity index (χ3n) is 9.25. The number of aliphatic hydroxyl groups excluding tert-OH is 1. The molecule has 0 spiro atoms. The Labute approximate surface area is 300 Å². The molecule has 2 fully saturated rings. The Bertz CT molecular complexity index is 1810. The second-order valence-corrected chi connectivity index (χ2v) is 15.7. The van der Waals surface area contributed by atoms with E-state index >= 15 is 0 Å². The number of aryl methyl sites for hydroxylation is 1. The minimum atomic E-state index is -0.940. The summed E-state index contributed by atoms with van der Waals surface area (Å²) in [5.74, 6) is -1.16. The lowest BCUT2D eigenvalue weighted by atomic mass is 9.85. The first-order chi connectivity index (χ1) is 23.9. The van der Waals surface area contributed by atoms with Crippen LogP contribution in [-0.4, -0.2) is 88.7 Å². The summed E-state index contributed by atoms with van der Waals surface area (Å²) in [5, 5.41) is 19.6. The van der Waals surface area contributed by atoms with Gasteiger partial charge in [0.05, 0.1) is 47.1 Å². The molecule has 11 nitrogen and oxygen atoms in total. The molecular formula is C37H44N6O5S2. The third-order valence-corrected chi connectivity index (χ3v) is 11.1. The van der Waals surface area contributed by atoms with Crippen LogP contribution in [0.3, 0.4) is 0 Å². The number of nitrogens with zero attached hydrogens (tertiary/aromatic N) is 4. The van der Waals surface area contributed by atoms with Crippen molar-refractivity contribution in [2.24, 2.45) is 5.41 Å². The molecule has 2 saturated heterocycles. The molecule has 0 aliphatic carbocycles. The van der Waals surface area contributed by atoms with Crippen LogP contribution in [0.5, 0.6) is 0 Å². The molecule has 264 valence electrons. The molecule has 0 radical (unpaired) electrons. The van der Waals surface area contributed by atoms with Gasteiger partial charge in [-0.05, 0) is 42.5 Å². The number of β-amino-alcohol motifs (C(OH)–C–C–N with tert-alkyl or cyclic N) is 1. The van der Waals surface area contributed by atoms with Crippen LogP contribution in [0.25, 0.3) is 21.7 Å². The number of nitrogens with one attached hydrogen (secondary N) is 2. The first-order valence-corrected chi connectivity index (χ1v) is 18.6. The van der Waals surface area contributed by atoms with Crippen LogP contribution >= 0.6 is 22.7 Å². The molecule has 4 atom stereocenters. The zero-order valence-electron chi connectivity index (χ0n) is 29.0. The summed E-state index contributed by atoms with van der Waals surface area (Å²) in [7, 11) is 0. The van der Waals surface area contributed by atoms with Crippen LogP contribution in [0.1, 0.15) is 61.8 Å². The summed E-state index contributed by atoms with van der Waals surface area (Å²) in [6.07, 6.45) is -0.741. The molecule has 2 aliphatic heterocycles. The smallest absolute Gasteiger partial charge is 0.251 e. The highest BCUT2D eigenvalue weighted by atomic mass is 32.1. The minimum Gasteiger partial charge on any atom is -0.391 e. The Morgan fingerprint density at radius 2 is 1.66 bits per heavy atom. The lowest BCUT2D eigenvalue weighted by Crippen LogP contribution is -2.57. The number of carbonyl (C=O) groups is 3. The van der Waals surface area contributed by atoms with Crippen molar-refractivity contribution in [2.45, 2.75) is 65.3 Å². The van der Waals surface area contributed by atoms with E-state index in [1.807, 2.05) is 81.9 Å². The number of rotatable bonds is 9. The number of amides is 3. The molecule has 3 amide bonds. The second kappa shape index (κ2) is 15.0. The summed E-state index contributed by atoms with van der Waals surface area (Å²) in [4.78, 5) is 55.1. The van der Waals surface area contributed by atoms with Gasteiger partial charge in [0.15, 0.2) is 5.13 Å². The molecule has 4 heterocycles. The van der Waals surface area contributed by atoms with Crippen LogP contribution < -0.4 is 15.5 Å². The van der Waals surface area contributed by atoms with Crippen molar-refractivity contribution in [1.82, 2.24) is 25.5 Å². The summed E-state index contributed by atoms with van der Waals surface area (Å²) >= 11 is 3.17. The zero-order chi connectivity index (χ0) is 35.6. The van der Waals surface area contributed by atoms with Crippen LogP contribution in [0, 0.1) is 12.3 Å². The van der Waals surface area contributed by atoms with Gasteiger partial charge in [-0.2, -0.15) is 0 Å². The Hall–Kier alpha value is -4.17. The highest BCUT2D eigenvalue weighted by Gasteiger charge is 2.44. The van der Waals surface area contributed by atoms with E-state index in [1.165, 1.54) is 4.90 Å². The maximum atomic E-state index is 14.1. The average molecular weight is 717 g/mol. The van der Waals surface area contributed by atoms with Gasteiger partial charge >= 0.3 is 0 Å². The molecule has 4 aromatic rings. The molecule has 0 bridgehead atoms. The van der Waals surface area contributed by atoms with E-state index in [9.17, 15) is 19.5 Å². The molecule has 0 unspecified atom stereocenters. The number of carbonyl (C=O) groups excluding carboxylic acids is 3. The Morgan fingerprint density at radius 3 is 2.30 bits per heavy atom.